The molecule has 6 nitrogen and oxygen atoms in total. The molecule has 0 saturated carbocycles. The van der Waals surface area contributed by atoms with E-state index in [9.17, 15) is 0 Å². The largest absolute Gasteiger partial charge is 0.445 e. The highest BCUT2D eigenvalue weighted by molar-refractivity contribution is 5.51. The average Bonchev–Trinajstić information content (AvgIpc) is 2.69. The van der Waals surface area contributed by atoms with E-state index in [0.717, 1.165) is 5.56 Å². The van der Waals surface area contributed by atoms with Crippen LogP contribution in [0.3, 0.4) is 0 Å². The first-order chi connectivity index (χ1) is 7.47. The molecule has 0 bridgehead atoms. The van der Waals surface area contributed by atoms with Crippen LogP contribution in [0.5, 0.6) is 0 Å². The van der Waals surface area contributed by atoms with Crippen molar-refractivity contribution in [3.05, 3.63) is 42.8 Å². The van der Waals surface area contributed by atoms with Crippen LogP contribution >= 0.6 is 0 Å². The minimum atomic E-state index is -4.69. The van der Waals surface area contributed by atoms with Crippen molar-refractivity contribution in [1.82, 2.24) is 4.98 Å². The summed E-state index contributed by atoms with van der Waals surface area (Å²) in [5.74, 6) is 0.672. The number of halogens is 1. The minimum Gasteiger partial charge on any atom is -0.445 e. The van der Waals surface area contributed by atoms with Crippen LogP contribution in [0.2, 0.25) is 0 Å². The predicted molar refractivity (Wildman–Crippen MR) is 44.2 cm³/mol. The van der Waals surface area contributed by atoms with Crippen molar-refractivity contribution in [2.24, 2.45) is 0 Å². The molecule has 0 spiro atoms. The van der Waals surface area contributed by atoms with Gasteiger partial charge in [0.2, 0.25) is 5.89 Å². The second kappa shape index (κ2) is 5.59. The van der Waals surface area contributed by atoms with Crippen LogP contribution in [0.4, 0.5) is 0 Å². The number of rotatable bonds is 1. The summed E-state index contributed by atoms with van der Waals surface area (Å²) in [6, 6.07) is 9.81. The molecule has 1 N–H and O–H groups in total. The SMILES string of the molecule is [O-][Cl+3]([O-])([O-])O.c1ccc(-c2ncco2)cc1. The summed E-state index contributed by atoms with van der Waals surface area (Å²) in [7, 11) is -4.69. The first-order valence-corrected chi connectivity index (χ1v) is 5.31. The molecule has 0 atom stereocenters. The van der Waals surface area contributed by atoms with Gasteiger partial charge in [-0.3, -0.25) is 0 Å². The minimum absolute atomic E-state index is 0.672. The quantitative estimate of drug-likeness (QED) is 0.635. The smallest absolute Gasteiger partial charge is 0.225 e. The number of hydrogen-bond acceptors (Lipinski definition) is 6. The summed E-state index contributed by atoms with van der Waals surface area (Å²) >= 11 is 0. The topological polar surface area (TPSA) is 115 Å². The van der Waals surface area contributed by atoms with E-state index in [4.69, 9.17) is 23.1 Å². The van der Waals surface area contributed by atoms with E-state index in [1.54, 1.807) is 12.5 Å². The molecular formula is C9H8ClNO5. The summed E-state index contributed by atoms with van der Waals surface area (Å²) < 4.78 is 37.8. The zero-order valence-electron chi connectivity index (χ0n) is 7.95. The van der Waals surface area contributed by atoms with Gasteiger partial charge < -0.3 is 4.42 Å². The molecule has 86 valence electrons. The van der Waals surface area contributed by atoms with Crippen molar-refractivity contribution in [1.29, 1.82) is 0 Å². The second-order valence-corrected chi connectivity index (χ2v) is 3.39. The maximum Gasteiger partial charge on any atom is 0.225 e. The number of benzene rings is 1. The van der Waals surface area contributed by atoms with Crippen LogP contribution in [-0.4, -0.2) is 9.64 Å². The molecule has 0 aliphatic rings. The molecule has 1 aromatic heterocycles. The molecule has 2 aromatic rings. The first kappa shape index (κ1) is 12.6. The lowest BCUT2D eigenvalue weighted by atomic mass is 10.2. The van der Waals surface area contributed by atoms with E-state index < -0.39 is 10.2 Å². The van der Waals surface area contributed by atoms with E-state index in [2.05, 4.69) is 4.98 Å². The Labute approximate surface area is 93.1 Å². The van der Waals surface area contributed by atoms with Crippen LogP contribution < -0.4 is 14.0 Å². The van der Waals surface area contributed by atoms with Crippen LogP contribution in [0.25, 0.3) is 11.5 Å². The van der Waals surface area contributed by atoms with E-state index >= 15 is 0 Å². The molecule has 2 rings (SSSR count). The van der Waals surface area contributed by atoms with Crippen LogP contribution in [-0.2, 0) is 0 Å². The van der Waals surface area contributed by atoms with Gasteiger partial charge in [-0.25, -0.2) is 4.98 Å². The van der Waals surface area contributed by atoms with Gasteiger partial charge >= 0.3 is 0 Å². The molecule has 7 heteroatoms. The number of oxazole rings is 1. The van der Waals surface area contributed by atoms with Gasteiger partial charge in [0.15, 0.2) is 0 Å². The van der Waals surface area contributed by atoms with Crippen molar-refractivity contribution < 1.29 is 33.3 Å². The monoisotopic (exact) mass is 245 g/mol. The average molecular weight is 246 g/mol. The van der Waals surface area contributed by atoms with Crippen molar-refractivity contribution in [3.8, 4) is 11.5 Å². The number of nitrogens with zero attached hydrogens (tertiary/aromatic N) is 1. The normalized spacial score (nSPS) is 10.5. The third-order valence-electron chi connectivity index (χ3n) is 1.45. The van der Waals surface area contributed by atoms with Gasteiger partial charge in [-0.05, 0) is 12.1 Å². The van der Waals surface area contributed by atoms with E-state index in [1.165, 1.54) is 0 Å². The van der Waals surface area contributed by atoms with Crippen molar-refractivity contribution >= 4 is 0 Å². The second-order valence-electron chi connectivity index (χ2n) is 2.60. The van der Waals surface area contributed by atoms with Crippen molar-refractivity contribution in [3.63, 3.8) is 0 Å². The molecule has 0 aliphatic carbocycles. The molecule has 1 heterocycles. The van der Waals surface area contributed by atoms with E-state index in [0.29, 0.717) is 5.89 Å². The Balaban J connectivity index is 0.000000221. The molecule has 0 fully saturated rings. The molecule has 0 aliphatic heterocycles. The first-order valence-electron chi connectivity index (χ1n) is 4.05. The fourth-order valence-corrected chi connectivity index (χ4v) is 0.947. The number of aromatic nitrogens is 1. The maximum atomic E-state index is 8.60. The number of hydrogen-bond donors (Lipinski definition) is 1. The Morgan fingerprint density at radius 2 is 1.69 bits per heavy atom. The predicted octanol–water partition coefficient (Wildman–Crippen LogP) is -1.78. The van der Waals surface area contributed by atoms with Crippen LogP contribution in [0.1, 0.15) is 0 Å². The lowest BCUT2D eigenvalue weighted by Crippen LogP contribution is -2.58. The zero-order valence-corrected chi connectivity index (χ0v) is 8.70. The van der Waals surface area contributed by atoms with Gasteiger partial charge in [-0.2, -0.15) is 14.0 Å². The summed E-state index contributed by atoms with van der Waals surface area (Å²) in [4.78, 5) is 4.02. The lowest BCUT2D eigenvalue weighted by Gasteiger charge is -2.03. The van der Waals surface area contributed by atoms with Crippen molar-refractivity contribution in [2.75, 3.05) is 0 Å². The molecule has 1 aromatic carbocycles. The molecule has 16 heavy (non-hydrogen) atoms. The van der Waals surface area contributed by atoms with Gasteiger partial charge in [-0.15, -0.1) is 0 Å². The maximum absolute atomic E-state index is 8.60. The van der Waals surface area contributed by atoms with Crippen LogP contribution in [0, 0.1) is 10.2 Å². The van der Waals surface area contributed by atoms with Crippen LogP contribution in [0.15, 0.2) is 47.2 Å². The Morgan fingerprint density at radius 3 is 2.12 bits per heavy atom. The highest BCUT2D eigenvalue weighted by Gasteiger charge is 1.99. The van der Waals surface area contributed by atoms with E-state index in [-0.39, 0.29) is 0 Å². The molecule has 0 unspecified atom stereocenters. The third-order valence-corrected chi connectivity index (χ3v) is 1.45. The summed E-state index contributed by atoms with van der Waals surface area (Å²) in [5.41, 5.74) is 1.01. The fraction of sp³-hybridized carbons (Fsp3) is 0. The standard InChI is InChI=1S/C9H7NO.ClHO4/c1-2-4-8(5-3-1)9-10-6-7-11-9;2-1(3,4)5/h1-7H;(H,2,3,4,5). The Morgan fingerprint density at radius 1 is 1.12 bits per heavy atom. The Hall–Kier alpha value is -1.44. The van der Waals surface area contributed by atoms with Gasteiger partial charge in [0, 0.05) is 5.56 Å². The molecule has 0 saturated heterocycles. The van der Waals surface area contributed by atoms with E-state index in [1.807, 2.05) is 30.3 Å². The van der Waals surface area contributed by atoms with Gasteiger partial charge in [0.1, 0.15) is 6.26 Å². The summed E-state index contributed by atoms with van der Waals surface area (Å²) in [6.07, 6.45) is 3.21. The molecule has 0 radical (unpaired) electrons. The zero-order chi connectivity index (χ0) is 12.0. The van der Waals surface area contributed by atoms with Crippen molar-refractivity contribution in [2.45, 2.75) is 0 Å². The van der Waals surface area contributed by atoms with Gasteiger partial charge in [-0.1, -0.05) is 18.2 Å². The highest BCUT2D eigenvalue weighted by Crippen LogP contribution is 2.14. The molecule has 0 amide bonds. The lowest BCUT2D eigenvalue weighted by molar-refractivity contribution is -1.92. The van der Waals surface area contributed by atoms with Gasteiger partial charge in [0.25, 0.3) is 0 Å². The Kier molecular flexibility index (Phi) is 4.41. The summed E-state index contributed by atoms with van der Waals surface area (Å²) in [6.45, 7) is 0. The molecular weight excluding hydrogens is 238 g/mol. The highest BCUT2D eigenvalue weighted by atomic mass is 35.7. The fourth-order valence-electron chi connectivity index (χ4n) is 0.947. The Bertz CT molecular complexity index is 392. The summed E-state index contributed by atoms with van der Waals surface area (Å²) in [5, 5.41) is 0. The third kappa shape index (κ3) is 5.44. The van der Waals surface area contributed by atoms with Gasteiger partial charge in [0.05, 0.1) is 21.1 Å².